The zero-order valence-corrected chi connectivity index (χ0v) is 11.2. The normalized spacial score (nSPS) is 25.7. The van der Waals surface area contributed by atoms with Crippen LogP contribution in [-0.4, -0.2) is 49.6 Å². The lowest BCUT2D eigenvalue weighted by atomic mass is 9.61. The van der Waals surface area contributed by atoms with Crippen LogP contribution >= 0.6 is 0 Å². The van der Waals surface area contributed by atoms with E-state index in [1.54, 1.807) is 7.11 Å². The molecule has 5 nitrogen and oxygen atoms in total. The van der Waals surface area contributed by atoms with Gasteiger partial charge in [0, 0.05) is 32.5 Å². The van der Waals surface area contributed by atoms with Gasteiger partial charge in [-0.25, -0.2) is 0 Å². The molecule has 1 spiro atoms. The fourth-order valence-electron chi connectivity index (χ4n) is 3.12. The molecule has 2 fully saturated rings. The molecule has 0 radical (unpaired) electrons. The highest BCUT2D eigenvalue weighted by Crippen LogP contribution is 2.50. The van der Waals surface area contributed by atoms with Gasteiger partial charge in [0.15, 0.2) is 0 Å². The van der Waals surface area contributed by atoms with E-state index in [0.29, 0.717) is 11.5 Å². The van der Waals surface area contributed by atoms with Crippen molar-refractivity contribution in [2.75, 3.05) is 26.7 Å². The number of hydrogen-bond acceptors (Lipinski definition) is 3. The quantitative estimate of drug-likeness (QED) is 0.799. The van der Waals surface area contributed by atoms with E-state index in [1.807, 2.05) is 4.90 Å². The summed E-state index contributed by atoms with van der Waals surface area (Å²) in [6.45, 7) is 3.13. The van der Waals surface area contributed by atoms with E-state index in [2.05, 4.69) is 5.32 Å². The molecule has 2 amide bonds. The van der Waals surface area contributed by atoms with Crippen LogP contribution in [-0.2, 0) is 14.3 Å². The molecular weight excluding hydrogens is 232 g/mol. The lowest BCUT2D eigenvalue weighted by molar-refractivity contribution is -0.145. The van der Waals surface area contributed by atoms with Gasteiger partial charge in [-0.2, -0.15) is 0 Å². The van der Waals surface area contributed by atoms with E-state index >= 15 is 0 Å². The van der Waals surface area contributed by atoms with Crippen molar-refractivity contribution < 1.29 is 14.3 Å². The molecule has 0 aromatic rings. The maximum Gasteiger partial charge on any atom is 0.241 e. The number of nitrogens with one attached hydrogen (secondary N) is 1. The van der Waals surface area contributed by atoms with Crippen LogP contribution in [0.25, 0.3) is 0 Å². The molecule has 5 heteroatoms. The maximum absolute atomic E-state index is 11.9. The Balaban J connectivity index is 1.79. The van der Waals surface area contributed by atoms with E-state index in [0.717, 1.165) is 32.4 Å². The summed E-state index contributed by atoms with van der Waals surface area (Å²) >= 11 is 0. The van der Waals surface area contributed by atoms with Crippen molar-refractivity contribution in [3.63, 3.8) is 0 Å². The van der Waals surface area contributed by atoms with Crippen LogP contribution in [0.1, 0.15) is 32.6 Å². The monoisotopic (exact) mass is 254 g/mol. The molecule has 1 N–H and O–H groups in total. The Kier molecular flexibility index (Phi) is 3.90. The molecule has 1 atom stereocenters. The number of carbonyl (C=O) groups excluding carboxylic acids is 2. The largest absolute Gasteiger partial charge is 0.381 e. The molecule has 1 saturated carbocycles. The smallest absolute Gasteiger partial charge is 0.241 e. The highest BCUT2D eigenvalue weighted by Gasteiger charge is 2.48. The summed E-state index contributed by atoms with van der Waals surface area (Å²) in [6, 6.07) is 0. The fraction of sp³-hybridized carbons (Fsp3) is 0.846. The number of likely N-dealkylation sites (tertiary alicyclic amines) is 1. The molecule has 1 aliphatic carbocycles. The Morgan fingerprint density at radius 3 is 2.44 bits per heavy atom. The highest BCUT2D eigenvalue weighted by atomic mass is 16.5. The molecule has 1 aliphatic heterocycles. The van der Waals surface area contributed by atoms with E-state index in [9.17, 15) is 9.59 Å². The fourth-order valence-corrected chi connectivity index (χ4v) is 3.12. The third-order valence-electron chi connectivity index (χ3n) is 4.47. The second kappa shape index (κ2) is 5.26. The summed E-state index contributed by atoms with van der Waals surface area (Å²) in [7, 11) is 1.78. The molecule has 102 valence electrons. The zero-order valence-electron chi connectivity index (χ0n) is 11.2. The predicted octanol–water partition coefficient (Wildman–Crippen LogP) is 0.540. The summed E-state index contributed by atoms with van der Waals surface area (Å²) in [5, 5.41) is 2.56. The van der Waals surface area contributed by atoms with Crippen molar-refractivity contribution in [3.8, 4) is 0 Å². The molecule has 18 heavy (non-hydrogen) atoms. The molecule has 2 aliphatic rings. The van der Waals surface area contributed by atoms with E-state index in [4.69, 9.17) is 4.74 Å². The minimum absolute atomic E-state index is 0.0216. The number of ether oxygens (including phenoxy) is 1. The summed E-state index contributed by atoms with van der Waals surface area (Å²) < 4.78 is 5.49. The lowest BCUT2D eigenvalue weighted by Crippen LogP contribution is -2.54. The van der Waals surface area contributed by atoms with Crippen molar-refractivity contribution in [1.29, 1.82) is 0 Å². The van der Waals surface area contributed by atoms with Gasteiger partial charge >= 0.3 is 0 Å². The first-order valence-electron chi connectivity index (χ1n) is 6.62. The second-order valence-corrected chi connectivity index (χ2v) is 5.42. The van der Waals surface area contributed by atoms with Crippen molar-refractivity contribution in [2.45, 2.75) is 38.7 Å². The number of rotatable bonds is 3. The number of amides is 2. The summed E-state index contributed by atoms with van der Waals surface area (Å²) in [6.07, 6.45) is 4.80. The Morgan fingerprint density at radius 2 is 2.00 bits per heavy atom. The van der Waals surface area contributed by atoms with Gasteiger partial charge in [-0.1, -0.05) is 0 Å². The topological polar surface area (TPSA) is 58.6 Å². The Labute approximate surface area is 108 Å². The van der Waals surface area contributed by atoms with Crippen molar-refractivity contribution in [1.82, 2.24) is 10.2 Å². The van der Waals surface area contributed by atoms with E-state index in [-0.39, 0.29) is 18.4 Å². The van der Waals surface area contributed by atoms with Gasteiger partial charge in [0.1, 0.15) is 0 Å². The standard InChI is InChI=1S/C13H22N2O3/c1-10(16)14-9-12(17)15-7-5-13(6-8-15)4-3-11(13)18-2/h11H,3-9H2,1-2H3,(H,14,16). The van der Waals surface area contributed by atoms with Gasteiger partial charge < -0.3 is 15.0 Å². The van der Waals surface area contributed by atoms with Crippen molar-refractivity contribution >= 4 is 11.8 Å². The van der Waals surface area contributed by atoms with Gasteiger partial charge in [0.25, 0.3) is 0 Å². The zero-order chi connectivity index (χ0) is 13.2. The number of carbonyl (C=O) groups is 2. The molecule has 1 unspecified atom stereocenters. The van der Waals surface area contributed by atoms with E-state index < -0.39 is 0 Å². The number of hydrogen-bond donors (Lipinski definition) is 1. The number of nitrogens with zero attached hydrogens (tertiary/aromatic N) is 1. The molecule has 0 bridgehead atoms. The van der Waals surface area contributed by atoms with Gasteiger partial charge in [0.2, 0.25) is 11.8 Å². The maximum atomic E-state index is 11.9. The Morgan fingerprint density at radius 1 is 1.33 bits per heavy atom. The summed E-state index contributed by atoms with van der Waals surface area (Å²) in [5.41, 5.74) is 0.319. The van der Waals surface area contributed by atoms with Crippen molar-refractivity contribution in [2.24, 2.45) is 5.41 Å². The van der Waals surface area contributed by atoms with Gasteiger partial charge in [-0.05, 0) is 25.7 Å². The first-order chi connectivity index (χ1) is 8.57. The Bertz CT molecular complexity index is 333. The average Bonchev–Trinajstić information content (AvgIpc) is 2.35. The van der Waals surface area contributed by atoms with Crippen LogP contribution in [0, 0.1) is 5.41 Å². The SMILES string of the molecule is COC1CCC12CCN(C(=O)CNC(C)=O)CC2. The molecule has 2 rings (SSSR count). The van der Waals surface area contributed by atoms with Crippen LogP contribution in [0.2, 0.25) is 0 Å². The number of piperidine rings is 1. The first-order valence-corrected chi connectivity index (χ1v) is 6.62. The van der Waals surface area contributed by atoms with Crippen LogP contribution in [0.3, 0.4) is 0 Å². The van der Waals surface area contributed by atoms with Crippen LogP contribution < -0.4 is 5.32 Å². The third kappa shape index (κ3) is 2.51. The second-order valence-electron chi connectivity index (χ2n) is 5.42. The van der Waals surface area contributed by atoms with Gasteiger partial charge in [0.05, 0.1) is 12.6 Å². The van der Waals surface area contributed by atoms with E-state index in [1.165, 1.54) is 13.3 Å². The first kappa shape index (κ1) is 13.3. The molecule has 1 saturated heterocycles. The van der Waals surface area contributed by atoms with Crippen LogP contribution in [0.15, 0.2) is 0 Å². The Hall–Kier alpha value is -1.10. The average molecular weight is 254 g/mol. The minimum atomic E-state index is -0.157. The van der Waals surface area contributed by atoms with Crippen LogP contribution in [0.4, 0.5) is 0 Å². The molecule has 0 aromatic heterocycles. The highest BCUT2D eigenvalue weighted by molar-refractivity contribution is 5.83. The van der Waals surface area contributed by atoms with Gasteiger partial charge in [-0.3, -0.25) is 9.59 Å². The third-order valence-corrected chi connectivity index (χ3v) is 4.47. The molecule has 0 aromatic carbocycles. The minimum Gasteiger partial charge on any atom is -0.381 e. The van der Waals surface area contributed by atoms with Gasteiger partial charge in [-0.15, -0.1) is 0 Å². The lowest BCUT2D eigenvalue weighted by Gasteiger charge is -2.53. The van der Waals surface area contributed by atoms with Crippen LogP contribution in [0.5, 0.6) is 0 Å². The molecule has 1 heterocycles. The molecular formula is C13H22N2O3. The summed E-state index contributed by atoms with van der Waals surface area (Å²) in [4.78, 5) is 24.5. The number of methoxy groups -OCH3 is 1. The summed E-state index contributed by atoms with van der Waals surface area (Å²) in [5.74, 6) is -0.136. The van der Waals surface area contributed by atoms with Crippen molar-refractivity contribution in [3.05, 3.63) is 0 Å². The predicted molar refractivity (Wildman–Crippen MR) is 67.0 cm³/mol.